The summed E-state index contributed by atoms with van der Waals surface area (Å²) in [5, 5.41) is 4.43. The molecule has 0 saturated carbocycles. The van der Waals surface area contributed by atoms with Gasteiger partial charge in [-0.25, -0.2) is 0 Å². The minimum Gasteiger partial charge on any atom is -0.492 e. The van der Waals surface area contributed by atoms with Crippen molar-refractivity contribution in [2.24, 2.45) is 0 Å². The van der Waals surface area contributed by atoms with Crippen LogP contribution in [0.1, 0.15) is 19.3 Å². The minimum atomic E-state index is 0. The molecule has 5 heteroatoms. The van der Waals surface area contributed by atoms with E-state index < -0.39 is 0 Å². The number of nitrogens with zero attached hydrogens (tertiary/aromatic N) is 1. The molecular weight excluding hydrogens is 295 g/mol. The van der Waals surface area contributed by atoms with E-state index in [-0.39, 0.29) is 12.4 Å². The molecule has 2 fully saturated rings. The molecule has 2 aliphatic heterocycles. The van der Waals surface area contributed by atoms with Crippen molar-refractivity contribution >= 4 is 24.0 Å². The van der Waals surface area contributed by atoms with Crippen LogP contribution in [0.2, 0.25) is 5.02 Å². The van der Waals surface area contributed by atoms with E-state index in [4.69, 9.17) is 16.3 Å². The van der Waals surface area contributed by atoms with Crippen molar-refractivity contribution in [1.29, 1.82) is 0 Å². The zero-order chi connectivity index (χ0) is 13.1. The molecule has 2 heterocycles. The highest BCUT2D eigenvalue weighted by Crippen LogP contribution is 2.20. The van der Waals surface area contributed by atoms with Gasteiger partial charge in [0.05, 0.1) is 0 Å². The van der Waals surface area contributed by atoms with Gasteiger partial charge in [-0.3, -0.25) is 4.90 Å². The number of benzene rings is 1. The quantitative estimate of drug-likeness (QED) is 0.924. The van der Waals surface area contributed by atoms with E-state index in [0.717, 1.165) is 36.5 Å². The fourth-order valence-electron chi connectivity index (χ4n) is 3.07. The Hall–Kier alpha value is -0.480. The first-order valence-electron chi connectivity index (χ1n) is 7.16. The van der Waals surface area contributed by atoms with Gasteiger partial charge in [0.1, 0.15) is 12.4 Å². The van der Waals surface area contributed by atoms with Crippen molar-refractivity contribution in [3.8, 4) is 5.75 Å². The molecule has 1 aromatic rings. The normalized spacial score (nSPS) is 25.9. The summed E-state index contributed by atoms with van der Waals surface area (Å²) in [5.41, 5.74) is 0. The summed E-state index contributed by atoms with van der Waals surface area (Å²) in [6, 6.07) is 9.06. The van der Waals surface area contributed by atoms with E-state index in [1.54, 1.807) is 0 Å². The Morgan fingerprint density at radius 3 is 2.95 bits per heavy atom. The molecule has 2 saturated heterocycles. The van der Waals surface area contributed by atoms with Crippen molar-refractivity contribution in [3.63, 3.8) is 0 Å². The molecule has 1 N–H and O–H groups in total. The molecule has 2 atom stereocenters. The van der Waals surface area contributed by atoms with Crippen LogP contribution in [-0.4, -0.2) is 43.2 Å². The number of hydrogen-bond acceptors (Lipinski definition) is 3. The van der Waals surface area contributed by atoms with Crippen LogP contribution in [0.5, 0.6) is 5.75 Å². The second kappa shape index (κ2) is 7.51. The third-order valence-electron chi connectivity index (χ3n) is 4.08. The van der Waals surface area contributed by atoms with Gasteiger partial charge in [0.25, 0.3) is 0 Å². The Bertz CT molecular complexity index is 430. The fraction of sp³-hybridized carbons (Fsp3) is 0.600. The van der Waals surface area contributed by atoms with Crippen LogP contribution in [0.4, 0.5) is 0 Å². The van der Waals surface area contributed by atoms with Crippen molar-refractivity contribution in [1.82, 2.24) is 10.2 Å². The molecule has 0 radical (unpaired) electrons. The molecule has 0 spiro atoms. The van der Waals surface area contributed by atoms with Crippen LogP contribution >= 0.6 is 24.0 Å². The summed E-state index contributed by atoms with van der Waals surface area (Å²) in [7, 11) is 0. The van der Waals surface area contributed by atoms with Crippen molar-refractivity contribution in [3.05, 3.63) is 29.3 Å². The molecule has 2 bridgehead atoms. The number of rotatable bonds is 4. The summed E-state index contributed by atoms with van der Waals surface area (Å²) in [4.78, 5) is 2.52. The Morgan fingerprint density at radius 1 is 1.25 bits per heavy atom. The van der Waals surface area contributed by atoms with Crippen molar-refractivity contribution in [2.75, 3.05) is 26.2 Å². The van der Waals surface area contributed by atoms with Gasteiger partial charge in [-0.1, -0.05) is 17.7 Å². The number of likely N-dealkylation sites (tertiary alicyclic amines) is 1. The molecule has 0 aromatic heterocycles. The van der Waals surface area contributed by atoms with Crippen LogP contribution in [0.3, 0.4) is 0 Å². The second-order valence-corrected chi connectivity index (χ2v) is 5.97. The van der Waals surface area contributed by atoms with Gasteiger partial charge in [0.15, 0.2) is 0 Å². The monoisotopic (exact) mass is 316 g/mol. The zero-order valence-corrected chi connectivity index (χ0v) is 13.1. The third kappa shape index (κ3) is 4.26. The molecule has 1 aromatic carbocycles. The first kappa shape index (κ1) is 15.9. The molecule has 2 aliphatic rings. The van der Waals surface area contributed by atoms with Gasteiger partial charge in [-0.15, -0.1) is 12.4 Å². The molecular formula is C15H22Cl2N2O. The van der Waals surface area contributed by atoms with Crippen LogP contribution in [-0.2, 0) is 0 Å². The van der Waals surface area contributed by atoms with Gasteiger partial charge < -0.3 is 10.1 Å². The fourth-order valence-corrected chi connectivity index (χ4v) is 3.25. The predicted octanol–water partition coefficient (Wildman–Crippen LogP) is 2.97. The summed E-state index contributed by atoms with van der Waals surface area (Å²) < 4.78 is 5.76. The van der Waals surface area contributed by atoms with E-state index in [2.05, 4.69) is 10.2 Å². The lowest BCUT2D eigenvalue weighted by Crippen LogP contribution is -2.37. The van der Waals surface area contributed by atoms with E-state index in [1.165, 1.54) is 25.8 Å². The summed E-state index contributed by atoms with van der Waals surface area (Å²) in [5.74, 6) is 0.863. The number of hydrogen-bond donors (Lipinski definition) is 1. The van der Waals surface area contributed by atoms with Gasteiger partial charge in [0, 0.05) is 30.2 Å². The number of halogens is 2. The van der Waals surface area contributed by atoms with E-state index in [9.17, 15) is 0 Å². The largest absolute Gasteiger partial charge is 0.492 e. The summed E-state index contributed by atoms with van der Waals surface area (Å²) in [6.07, 6.45) is 3.96. The summed E-state index contributed by atoms with van der Waals surface area (Å²) >= 11 is 5.94. The number of ether oxygens (including phenoxy) is 1. The van der Waals surface area contributed by atoms with Gasteiger partial charge in [-0.2, -0.15) is 0 Å². The van der Waals surface area contributed by atoms with Gasteiger partial charge in [0.2, 0.25) is 0 Å². The van der Waals surface area contributed by atoms with E-state index in [1.807, 2.05) is 24.3 Å². The molecule has 3 nitrogen and oxygen atoms in total. The Balaban J connectivity index is 0.00000147. The lowest BCUT2D eigenvalue weighted by Gasteiger charge is -2.23. The minimum absolute atomic E-state index is 0. The van der Waals surface area contributed by atoms with Crippen LogP contribution in [0, 0.1) is 0 Å². The molecule has 20 heavy (non-hydrogen) atoms. The maximum absolute atomic E-state index is 5.94. The van der Waals surface area contributed by atoms with E-state index in [0.29, 0.717) is 6.04 Å². The first-order chi connectivity index (χ1) is 9.29. The van der Waals surface area contributed by atoms with Crippen LogP contribution < -0.4 is 10.1 Å². The van der Waals surface area contributed by atoms with Gasteiger partial charge >= 0.3 is 0 Å². The number of fused-ring (bicyclic) bond motifs is 2. The summed E-state index contributed by atoms with van der Waals surface area (Å²) in [6.45, 7) is 4.08. The van der Waals surface area contributed by atoms with E-state index >= 15 is 0 Å². The average molecular weight is 317 g/mol. The lowest BCUT2D eigenvalue weighted by molar-refractivity contribution is 0.201. The predicted molar refractivity (Wildman–Crippen MR) is 85.2 cm³/mol. The maximum atomic E-state index is 5.94. The third-order valence-corrected chi connectivity index (χ3v) is 4.31. The molecule has 112 valence electrons. The number of nitrogens with one attached hydrogen (secondary N) is 1. The van der Waals surface area contributed by atoms with Crippen molar-refractivity contribution in [2.45, 2.75) is 31.3 Å². The van der Waals surface area contributed by atoms with Crippen molar-refractivity contribution < 1.29 is 4.74 Å². The Labute approximate surface area is 132 Å². The highest BCUT2D eigenvalue weighted by molar-refractivity contribution is 6.30. The second-order valence-electron chi connectivity index (χ2n) is 5.53. The lowest BCUT2D eigenvalue weighted by atomic mass is 10.1. The smallest absolute Gasteiger partial charge is 0.120 e. The Morgan fingerprint density at radius 2 is 2.10 bits per heavy atom. The maximum Gasteiger partial charge on any atom is 0.120 e. The zero-order valence-electron chi connectivity index (χ0n) is 11.6. The standard InChI is InChI=1S/C15H21ClN2O.ClH/c16-12-2-1-3-15(10-12)19-9-8-18-7-6-13-4-5-14(11-18)17-13;/h1-3,10,13-14,17H,4-9,11H2;1H. The first-order valence-corrected chi connectivity index (χ1v) is 7.54. The highest BCUT2D eigenvalue weighted by Gasteiger charge is 2.28. The van der Waals surface area contributed by atoms with Crippen LogP contribution in [0.15, 0.2) is 24.3 Å². The Kier molecular flexibility index (Phi) is 5.97. The molecule has 2 unspecified atom stereocenters. The molecule has 3 rings (SSSR count). The van der Waals surface area contributed by atoms with Crippen LogP contribution in [0.25, 0.3) is 0 Å². The average Bonchev–Trinajstić information content (AvgIpc) is 2.72. The molecule has 0 aliphatic carbocycles. The SMILES string of the molecule is Cl.Clc1cccc(OCCN2CCC3CCC(C2)N3)c1. The van der Waals surface area contributed by atoms with Gasteiger partial charge in [-0.05, 0) is 44.0 Å². The molecule has 0 amide bonds. The highest BCUT2D eigenvalue weighted by atomic mass is 35.5. The topological polar surface area (TPSA) is 24.5 Å².